The molecule has 1 heterocycles. The normalized spacial score (nSPS) is 22.7. The van der Waals surface area contributed by atoms with E-state index in [9.17, 15) is 0 Å². The van der Waals surface area contributed by atoms with Crippen LogP contribution in [0.25, 0.3) is 0 Å². The molecule has 1 saturated heterocycles. The van der Waals surface area contributed by atoms with E-state index in [1.54, 1.807) is 0 Å². The van der Waals surface area contributed by atoms with Crippen molar-refractivity contribution in [1.29, 1.82) is 0 Å². The summed E-state index contributed by atoms with van der Waals surface area (Å²) in [6.07, 6.45) is 3.94. The Morgan fingerprint density at radius 2 is 1.78 bits per heavy atom. The first-order chi connectivity index (χ1) is 8.30. The molecule has 0 amide bonds. The van der Waals surface area contributed by atoms with Gasteiger partial charge in [-0.05, 0) is 57.9 Å². The van der Waals surface area contributed by atoms with Crippen LogP contribution in [0.3, 0.4) is 0 Å². The van der Waals surface area contributed by atoms with Gasteiger partial charge in [0.1, 0.15) is 0 Å². The number of nitrogens with one attached hydrogen (secondary N) is 1. The molecule has 2 nitrogen and oxygen atoms in total. The highest BCUT2D eigenvalue weighted by atomic mass is 15.2. The lowest BCUT2D eigenvalue weighted by Crippen LogP contribution is -2.48. The molecule has 0 radical (unpaired) electrons. The molecule has 0 aromatic carbocycles. The van der Waals surface area contributed by atoms with Gasteiger partial charge in [-0.2, -0.15) is 0 Å². The maximum Gasteiger partial charge on any atom is 0.00967 e. The lowest BCUT2D eigenvalue weighted by molar-refractivity contribution is 0.141. The molecule has 2 heteroatoms. The van der Waals surface area contributed by atoms with E-state index in [-0.39, 0.29) is 5.54 Å². The fraction of sp³-hybridized carbons (Fsp3) is 1.00. The maximum atomic E-state index is 3.72. The van der Waals surface area contributed by atoms with Gasteiger partial charge < -0.3 is 10.2 Å². The summed E-state index contributed by atoms with van der Waals surface area (Å²) < 4.78 is 0. The molecule has 0 aliphatic carbocycles. The Morgan fingerprint density at radius 1 is 1.17 bits per heavy atom. The largest absolute Gasteiger partial charge is 0.311 e. The number of hydrogen-bond donors (Lipinski definition) is 1. The summed E-state index contributed by atoms with van der Waals surface area (Å²) in [6.45, 7) is 18.9. The molecule has 1 fully saturated rings. The zero-order chi connectivity index (χ0) is 13.8. The molecule has 0 saturated carbocycles. The van der Waals surface area contributed by atoms with Crippen molar-refractivity contribution in [1.82, 2.24) is 10.2 Å². The molecule has 0 bridgehead atoms. The molecule has 1 N–H and O–H groups in total. The Labute approximate surface area is 115 Å². The molecule has 0 aromatic rings. The van der Waals surface area contributed by atoms with E-state index in [0.29, 0.717) is 5.41 Å². The van der Waals surface area contributed by atoms with E-state index < -0.39 is 0 Å². The molecule has 1 rings (SSSR count). The van der Waals surface area contributed by atoms with Gasteiger partial charge in [0.2, 0.25) is 0 Å². The number of nitrogens with zero attached hydrogens (tertiary/aromatic N) is 1. The van der Waals surface area contributed by atoms with Gasteiger partial charge in [0.25, 0.3) is 0 Å². The van der Waals surface area contributed by atoms with Crippen molar-refractivity contribution in [3.05, 3.63) is 0 Å². The minimum atomic E-state index is 0.230. The van der Waals surface area contributed by atoms with E-state index in [1.165, 1.54) is 38.9 Å². The van der Waals surface area contributed by atoms with Gasteiger partial charge in [-0.15, -0.1) is 0 Å². The summed E-state index contributed by atoms with van der Waals surface area (Å²) in [7, 11) is 0. The second-order valence-corrected chi connectivity index (χ2v) is 7.44. The molecular formula is C16H34N2. The average Bonchev–Trinajstić information content (AvgIpc) is 2.69. The fourth-order valence-corrected chi connectivity index (χ4v) is 2.88. The summed E-state index contributed by atoms with van der Waals surface area (Å²) in [4.78, 5) is 2.68. The van der Waals surface area contributed by atoms with Crippen LogP contribution in [0.2, 0.25) is 0 Å². The molecule has 0 spiro atoms. The summed E-state index contributed by atoms with van der Waals surface area (Å²) >= 11 is 0. The van der Waals surface area contributed by atoms with Crippen molar-refractivity contribution >= 4 is 0 Å². The van der Waals surface area contributed by atoms with Crippen LogP contribution >= 0.6 is 0 Å². The highest BCUT2D eigenvalue weighted by Gasteiger charge is 2.32. The van der Waals surface area contributed by atoms with Crippen LogP contribution in [0.1, 0.15) is 60.8 Å². The third-order valence-electron chi connectivity index (χ3n) is 4.56. The van der Waals surface area contributed by atoms with Crippen molar-refractivity contribution in [3.63, 3.8) is 0 Å². The summed E-state index contributed by atoms with van der Waals surface area (Å²) in [6, 6.07) is 0. The van der Waals surface area contributed by atoms with Crippen molar-refractivity contribution in [2.45, 2.75) is 66.3 Å². The van der Waals surface area contributed by atoms with Crippen LogP contribution in [-0.2, 0) is 0 Å². The van der Waals surface area contributed by atoms with Crippen LogP contribution < -0.4 is 5.32 Å². The van der Waals surface area contributed by atoms with E-state index in [0.717, 1.165) is 12.5 Å². The van der Waals surface area contributed by atoms with E-state index in [2.05, 4.69) is 51.8 Å². The monoisotopic (exact) mass is 254 g/mol. The van der Waals surface area contributed by atoms with Gasteiger partial charge in [-0.1, -0.05) is 20.8 Å². The number of hydrogen-bond acceptors (Lipinski definition) is 2. The summed E-state index contributed by atoms with van der Waals surface area (Å²) in [5, 5.41) is 3.72. The van der Waals surface area contributed by atoms with Gasteiger partial charge in [0.05, 0.1) is 0 Å². The molecule has 18 heavy (non-hydrogen) atoms. The van der Waals surface area contributed by atoms with Gasteiger partial charge in [-0.25, -0.2) is 0 Å². The third-order valence-corrected chi connectivity index (χ3v) is 4.56. The first-order valence-electron chi connectivity index (χ1n) is 7.77. The Balaban J connectivity index is 2.56. The average molecular weight is 254 g/mol. The van der Waals surface area contributed by atoms with Crippen LogP contribution in [0.4, 0.5) is 0 Å². The Kier molecular flexibility index (Phi) is 5.67. The topological polar surface area (TPSA) is 15.3 Å². The van der Waals surface area contributed by atoms with Crippen molar-refractivity contribution in [3.8, 4) is 0 Å². The molecule has 108 valence electrons. The lowest BCUT2D eigenvalue weighted by atomic mass is 9.81. The highest BCUT2D eigenvalue weighted by molar-refractivity contribution is 4.87. The Bertz CT molecular complexity index is 238. The van der Waals surface area contributed by atoms with Crippen LogP contribution in [0.15, 0.2) is 0 Å². The zero-order valence-electron chi connectivity index (χ0n) is 13.5. The zero-order valence-corrected chi connectivity index (χ0v) is 13.5. The number of likely N-dealkylation sites (tertiary alicyclic amines) is 1. The Hall–Kier alpha value is -0.0800. The highest BCUT2D eigenvalue weighted by Crippen LogP contribution is 2.30. The minimum Gasteiger partial charge on any atom is -0.311 e. The SMILES string of the molecule is CCC(CC)(CNC(C)(C)C)CN1CCC(C)C1. The smallest absolute Gasteiger partial charge is 0.00967 e. The molecule has 0 aromatic heterocycles. The molecular weight excluding hydrogens is 220 g/mol. The van der Waals surface area contributed by atoms with Crippen LogP contribution in [0.5, 0.6) is 0 Å². The minimum absolute atomic E-state index is 0.230. The van der Waals surface area contributed by atoms with Gasteiger partial charge in [0, 0.05) is 25.2 Å². The quantitative estimate of drug-likeness (QED) is 0.780. The van der Waals surface area contributed by atoms with E-state index in [4.69, 9.17) is 0 Å². The van der Waals surface area contributed by atoms with Crippen molar-refractivity contribution < 1.29 is 0 Å². The first kappa shape index (κ1) is 16.0. The van der Waals surface area contributed by atoms with Crippen molar-refractivity contribution in [2.24, 2.45) is 11.3 Å². The van der Waals surface area contributed by atoms with E-state index >= 15 is 0 Å². The summed E-state index contributed by atoms with van der Waals surface area (Å²) in [5.74, 6) is 0.895. The summed E-state index contributed by atoms with van der Waals surface area (Å²) in [5.41, 5.74) is 0.686. The van der Waals surface area contributed by atoms with Crippen LogP contribution in [0, 0.1) is 11.3 Å². The van der Waals surface area contributed by atoms with E-state index in [1.807, 2.05) is 0 Å². The van der Waals surface area contributed by atoms with Gasteiger partial charge >= 0.3 is 0 Å². The lowest BCUT2D eigenvalue weighted by Gasteiger charge is -2.38. The second-order valence-electron chi connectivity index (χ2n) is 7.44. The fourth-order valence-electron chi connectivity index (χ4n) is 2.88. The molecule has 1 unspecified atom stereocenters. The third kappa shape index (κ3) is 4.89. The van der Waals surface area contributed by atoms with Crippen LogP contribution in [-0.4, -0.2) is 36.6 Å². The number of rotatable bonds is 6. The predicted octanol–water partition coefficient (Wildman–Crippen LogP) is 3.52. The van der Waals surface area contributed by atoms with Crippen molar-refractivity contribution in [2.75, 3.05) is 26.2 Å². The van der Waals surface area contributed by atoms with Gasteiger partial charge in [-0.3, -0.25) is 0 Å². The second kappa shape index (κ2) is 6.38. The molecule has 1 aliphatic rings. The molecule has 1 aliphatic heterocycles. The standard InChI is InChI=1S/C16H34N2/c1-7-16(8-2,12-17-15(4,5)6)13-18-10-9-14(3)11-18/h14,17H,7-13H2,1-6H3. The molecule has 1 atom stereocenters. The predicted molar refractivity (Wildman–Crippen MR) is 81.0 cm³/mol. The maximum absolute atomic E-state index is 3.72. The first-order valence-corrected chi connectivity index (χ1v) is 7.77. The Morgan fingerprint density at radius 3 is 2.17 bits per heavy atom. The van der Waals surface area contributed by atoms with Gasteiger partial charge in [0.15, 0.2) is 0 Å².